The maximum Gasteiger partial charge on any atom is 0.416 e. The van der Waals surface area contributed by atoms with Crippen molar-refractivity contribution in [3.63, 3.8) is 0 Å². The fraction of sp³-hybridized carbons (Fsp3) is 0.429. The highest BCUT2D eigenvalue weighted by Gasteiger charge is 2.30. The normalized spacial score (nSPS) is 14.1. The molecule has 1 aliphatic rings. The Morgan fingerprint density at radius 2 is 1.66 bits per heavy atom. The van der Waals surface area contributed by atoms with Gasteiger partial charge in [-0.25, -0.2) is 4.79 Å². The topological polar surface area (TPSA) is 75.1 Å². The minimum atomic E-state index is -4.40. The predicted molar refractivity (Wildman–Crippen MR) is 139 cm³/mol. The molecule has 2 heterocycles. The van der Waals surface area contributed by atoms with E-state index >= 15 is 0 Å². The van der Waals surface area contributed by atoms with Crippen molar-refractivity contribution in [2.75, 3.05) is 44.3 Å². The van der Waals surface area contributed by atoms with Crippen molar-refractivity contribution in [3.8, 4) is 11.5 Å². The van der Waals surface area contributed by atoms with Crippen LogP contribution in [0.4, 0.5) is 23.7 Å². The number of benzene rings is 2. The van der Waals surface area contributed by atoms with Crippen LogP contribution in [-0.2, 0) is 6.18 Å². The monoisotopic (exact) mass is 531 g/mol. The number of amides is 1. The van der Waals surface area contributed by atoms with E-state index in [0.29, 0.717) is 50.5 Å². The Balaban J connectivity index is 1.14. The second kappa shape index (κ2) is 12.2. The van der Waals surface area contributed by atoms with E-state index in [0.717, 1.165) is 54.8 Å². The van der Waals surface area contributed by atoms with Crippen LogP contribution in [0.3, 0.4) is 0 Å². The quantitative estimate of drug-likeness (QED) is 0.306. The highest BCUT2D eigenvalue weighted by molar-refractivity contribution is 5.85. The van der Waals surface area contributed by atoms with Crippen LogP contribution in [-0.4, -0.2) is 60.5 Å². The van der Waals surface area contributed by atoms with Gasteiger partial charge in [-0.2, -0.15) is 13.2 Å². The number of alkyl halides is 3. The Morgan fingerprint density at radius 1 is 0.947 bits per heavy atom. The number of carbonyl (C=O) groups is 1. The van der Waals surface area contributed by atoms with Crippen LogP contribution < -0.4 is 14.4 Å². The van der Waals surface area contributed by atoms with Gasteiger partial charge >= 0.3 is 12.3 Å². The minimum absolute atomic E-state index is 0.263. The first-order chi connectivity index (χ1) is 18.2. The van der Waals surface area contributed by atoms with Crippen LogP contribution in [0.5, 0.6) is 11.5 Å². The predicted octanol–water partition coefficient (Wildman–Crippen LogP) is 6.38. The molecule has 3 aromatic rings. The molecule has 0 radical (unpaired) electrons. The van der Waals surface area contributed by atoms with Gasteiger partial charge in [-0.05, 0) is 80.6 Å². The van der Waals surface area contributed by atoms with E-state index in [2.05, 4.69) is 9.88 Å². The Labute approximate surface area is 219 Å². The standard InChI is InChI=1S/C28H32F3N3O4/c1-20-18-22(7-9-25(20)33-12-14-34(15-13-33)27(35)36)37-16-4-2-3-5-17-38-26-10-11-32-24-19-21(28(29,30)31)6-8-23(24)26/h6-11,18-19H,2-5,12-17H2,1H3,(H,35,36). The van der Waals surface area contributed by atoms with Crippen molar-refractivity contribution >= 4 is 22.7 Å². The first kappa shape index (κ1) is 27.3. The molecule has 1 fully saturated rings. The van der Waals surface area contributed by atoms with Crippen molar-refractivity contribution < 1.29 is 32.5 Å². The van der Waals surface area contributed by atoms with Crippen LogP contribution in [0.1, 0.15) is 36.8 Å². The number of fused-ring (bicyclic) bond motifs is 1. The number of piperazine rings is 1. The molecule has 4 rings (SSSR count). The minimum Gasteiger partial charge on any atom is -0.494 e. The molecule has 0 saturated carbocycles. The van der Waals surface area contributed by atoms with Crippen molar-refractivity contribution in [3.05, 3.63) is 59.8 Å². The number of nitrogens with zero attached hydrogens (tertiary/aromatic N) is 3. The van der Waals surface area contributed by atoms with Gasteiger partial charge in [0.15, 0.2) is 0 Å². The zero-order valence-corrected chi connectivity index (χ0v) is 21.3. The summed E-state index contributed by atoms with van der Waals surface area (Å²) in [6.45, 7) is 5.46. The van der Waals surface area contributed by atoms with Crippen molar-refractivity contribution in [1.82, 2.24) is 9.88 Å². The van der Waals surface area contributed by atoms with Crippen LogP contribution in [0, 0.1) is 6.92 Å². The summed E-state index contributed by atoms with van der Waals surface area (Å²) in [6.07, 6.45) is -0.164. The summed E-state index contributed by atoms with van der Waals surface area (Å²) in [6, 6.07) is 11.2. The number of halogens is 3. The first-order valence-electron chi connectivity index (χ1n) is 12.8. The van der Waals surface area contributed by atoms with Gasteiger partial charge in [0, 0.05) is 43.4 Å². The number of pyridine rings is 1. The third kappa shape index (κ3) is 6.99. The third-order valence-electron chi connectivity index (χ3n) is 6.65. The molecule has 204 valence electrons. The Kier molecular flexibility index (Phi) is 8.81. The highest BCUT2D eigenvalue weighted by atomic mass is 19.4. The average molecular weight is 532 g/mol. The summed E-state index contributed by atoms with van der Waals surface area (Å²) in [7, 11) is 0. The van der Waals surface area contributed by atoms with E-state index in [1.807, 2.05) is 25.1 Å². The van der Waals surface area contributed by atoms with Crippen LogP contribution in [0.2, 0.25) is 0 Å². The number of ether oxygens (including phenoxy) is 2. The van der Waals surface area contributed by atoms with E-state index in [4.69, 9.17) is 14.6 Å². The number of aromatic nitrogens is 1. The summed E-state index contributed by atoms with van der Waals surface area (Å²) in [4.78, 5) is 18.8. The number of hydrogen-bond acceptors (Lipinski definition) is 5. The summed E-state index contributed by atoms with van der Waals surface area (Å²) in [5.41, 5.74) is 1.74. The fourth-order valence-electron chi connectivity index (χ4n) is 4.57. The second-order valence-electron chi connectivity index (χ2n) is 9.35. The summed E-state index contributed by atoms with van der Waals surface area (Å²) in [5, 5.41) is 9.68. The van der Waals surface area contributed by atoms with E-state index in [-0.39, 0.29) is 5.52 Å². The lowest BCUT2D eigenvalue weighted by Crippen LogP contribution is -2.48. The van der Waals surface area contributed by atoms with Gasteiger partial charge in [0.25, 0.3) is 0 Å². The van der Waals surface area contributed by atoms with Crippen LogP contribution >= 0.6 is 0 Å². The van der Waals surface area contributed by atoms with Gasteiger partial charge in [0.2, 0.25) is 0 Å². The number of hydrogen-bond donors (Lipinski definition) is 1. The average Bonchev–Trinajstić information content (AvgIpc) is 2.89. The first-order valence-corrected chi connectivity index (χ1v) is 12.8. The molecule has 0 bridgehead atoms. The van der Waals surface area contributed by atoms with Crippen LogP contribution in [0.15, 0.2) is 48.7 Å². The Hall–Kier alpha value is -3.69. The van der Waals surface area contributed by atoms with Crippen molar-refractivity contribution in [1.29, 1.82) is 0 Å². The molecule has 0 atom stereocenters. The second-order valence-corrected chi connectivity index (χ2v) is 9.35. The van der Waals surface area contributed by atoms with Gasteiger partial charge in [0.05, 0.1) is 24.3 Å². The number of aryl methyl sites for hydroxylation is 1. The molecule has 0 unspecified atom stereocenters. The van der Waals surface area contributed by atoms with E-state index in [9.17, 15) is 18.0 Å². The highest BCUT2D eigenvalue weighted by Crippen LogP contribution is 2.33. The summed E-state index contributed by atoms with van der Waals surface area (Å²) < 4.78 is 50.6. The lowest BCUT2D eigenvalue weighted by atomic mass is 10.1. The molecule has 0 spiro atoms. The van der Waals surface area contributed by atoms with Gasteiger partial charge in [0.1, 0.15) is 11.5 Å². The molecule has 0 aliphatic carbocycles. The Morgan fingerprint density at radius 3 is 2.32 bits per heavy atom. The van der Waals surface area contributed by atoms with Crippen molar-refractivity contribution in [2.45, 2.75) is 38.8 Å². The largest absolute Gasteiger partial charge is 0.494 e. The van der Waals surface area contributed by atoms with Gasteiger partial charge in [-0.3, -0.25) is 4.98 Å². The van der Waals surface area contributed by atoms with Gasteiger partial charge < -0.3 is 24.4 Å². The summed E-state index contributed by atoms with van der Waals surface area (Å²) in [5.74, 6) is 1.35. The maximum absolute atomic E-state index is 12.9. The van der Waals surface area contributed by atoms with E-state index in [1.54, 1.807) is 6.07 Å². The fourth-order valence-corrected chi connectivity index (χ4v) is 4.57. The van der Waals surface area contributed by atoms with Gasteiger partial charge in [-0.15, -0.1) is 0 Å². The SMILES string of the molecule is Cc1cc(OCCCCCCOc2ccnc3cc(C(F)(F)F)ccc23)ccc1N1CCN(C(=O)O)CC1. The molecule has 7 nitrogen and oxygen atoms in total. The zero-order chi connectivity index (χ0) is 27.1. The molecule has 2 aromatic carbocycles. The molecule has 10 heteroatoms. The third-order valence-corrected chi connectivity index (χ3v) is 6.65. The lowest BCUT2D eigenvalue weighted by Gasteiger charge is -2.35. The summed E-state index contributed by atoms with van der Waals surface area (Å²) >= 11 is 0. The van der Waals surface area contributed by atoms with Crippen LogP contribution in [0.25, 0.3) is 10.9 Å². The Bertz CT molecular complexity index is 1240. The number of rotatable bonds is 10. The molecule has 1 aromatic heterocycles. The molecule has 1 saturated heterocycles. The number of anilines is 1. The molecule has 38 heavy (non-hydrogen) atoms. The molecule has 1 amide bonds. The molecular formula is C28H32F3N3O4. The lowest BCUT2D eigenvalue weighted by molar-refractivity contribution is -0.137. The number of carboxylic acid groups (broad SMARTS) is 1. The van der Waals surface area contributed by atoms with E-state index in [1.165, 1.54) is 17.2 Å². The molecular weight excluding hydrogens is 499 g/mol. The number of unbranched alkanes of at least 4 members (excludes halogenated alkanes) is 3. The van der Waals surface area contributed by atoms with Crippen molar-refractivity contribution in [2.24, 2.45) is 0 Å². The van der Waals surface area contributed by atoms with E-state index < -0.39 is 17.8 Å². The molecule has 1 N–H and O–H groups in total. The van der Waals surface area contributed by atoms with Gasteiger partial charge in [-0.1, -0.05) is 0 Å². The molecule has 1 aliphatic heterocycles. The smallest absolute Gasteiger partial charge is 0.416 e. The maximum atomic E-state index is 12.9. The zero-order valence-electron chi connectivity index (χ0n) is 21.3.